The number of carbonyl (C=O) groups is 1. The minimum atomic E-state index is -3.51. The Morgan fingerprint density at radius 1 is 1.07 bits per heavy atom. The minimum absolute atomic E-state index is 0.179. The lowest BCUT2D eigenvalue weighted by Gasteiger charge is -2.26. The lowest BCUT2D eigenvalue weighted by atomic mass is 10.2. The Morgan fingerprint density at radius 3 is 2.50 bits per heavy atom. The molecule has 150 valence electrons. The quantitative estimate of drug-likeness (QED) is 0.717. The number of amides is 1. The number of nitrogens with two attached hydrogens (primary N) is 1. The van der Waals surface area contributed by atoms with Gasteiger partial charge in [-0.05, 0) is 43.2 Å². The highest BCUT2D eigenvalue weighted by atomic mass is 35.5. The third-order valence-electron chi connectivity index (χ3n) is 4.69. The topological polar surface area (TPSA) is 83.1 Å². The first-order chi connectivity index (χ1) is 13.4. The van der Waals surface area contributed by atoms with Crippen molar-refractivity contribution in [3.63, 3.8) is 0 Å². The number of nitrogens with one attached hydrogen (secondary N) is 1. The van der Waals surface area contributed by atoms with E-state index in [1.165, 1.54) is 10.4 Å². The summed E-state index contributed by atoms with van der Waals surface area (Å²) in [6, 6.07) is 13.9. The number of sulfonamides is 1. The molecule has 0 unspecified atom stereocenters. The summed E-state index contributed by atoms with van der Waals surface area (Å²) >= 11 is 5.86. The van der Waals surface area contributed by atoms with Crippen LogP contribution in [-0.4, -0.2) is 38.3 Å². The molecule has 0 saturated carbocycles. The second kappa shape index (κ2) is 9.52. The molecule has 1 saturated heterocycles. The van der Waals surface area contributed by atoms with Crippen molar-refractivity contribution in [1.29, 1.82) is 0 Å². The van der Waals surface area contributed by atoms with Crippen LogP contribution >= 0.6 is 11.6 Å². The number of carbonyl (C=O) groups excluding carboxylic acids is 1. The van der Waals surface area contributed by atoms with Crippen LogP contribution in [0.25, 0.3) is 0 Å². The standard InChI is InChI=1S/C20H24ClN3O3S/c21-17-9-7-16(8-10-17)14-22-15-20(25)23-18-5-4-6-19(13-18)28(26,27)24-11-2-1-3-12-24/h4-10,13,22H,1-3,11-12,14-15H2,(H,23,25)/p+1. The molecule has 1 amide bonds. The van der Waals surface area contributed by atoms with Crippen LogP contribution in [0.1, 0.15) is 24.8 Å². The lowest BCUT2D eigenvalue weighted by Crippen LogP contribution is -2.84. The molecule has 1 aliphatic heterocycles. The summed E-state index contributed by atoms with van der Waals surface area (Å²) in [6.07, 6.45) is 2.84. The molecule has 0 aliphatic carbocycles. The molecule has 3 N–H and O–H groups in total. The molecule has 1 fully saturated rings. The van der Waals surface area contributed by atoms with Gasteiger partial charge in [-0.3, -0.25) is 4.79 Å². The van der Waals surface area contributed by atoms with Crippen LogP contribution in [0.5, 0.6) is 0 Å². The van der Waals surface area contributed by atoms with Crippen molar-refractivity contribution in [2.24, 2.45) is 0 Å². The number of piperidine rings is 1. The Kier molecular flexibility index (Phi) is 7.07. The summed E-state index contributed by atoms with van der Waals surface area (Å²) in [4.78, 5) is 12.4. The number of nitrogens with zero attached hydrogens (tertiary/aromatic N) is 1. The fourth-order valence-electron chi connectivity index (χ4n) is 3.19. The molecule has 28 heavy (non-hydrogen) atoms. The van der Waals surface area contributed by atoms with Gasteiger partial charge in [0.1, 0.15) is 6.54 Å². The molecule has 3 rings (SSSR count). The van der Waals surface area contributed by atoms with Gasteiger partial charge in [0.25, 0.3) is 5.91 Å². The normalized spacial score (nSPS) is 15.3. The summed E-state index contributed by atoms with van der Waals surface area (Å²) < 4.78 is 27.1. The largest absolute Gasteiger partial charge is 0.335 e. The van der Waals surface area contributed by atoms with Crippen molar-refractivity contribution >= 4 is 33.2 Å². The molecular weight excluding hydrogens is 398 g/mol. The van der Waals surface area contributed by atoms with Crippen LogP contribution in [0.2, 0.25) is 5.02 Å². The van der Waals surface area contributed by atoms with Gasteiger partial charge in [0, 0.05) is 29.4 Å². The van der Waals surface area contributed by atoms with E-state index < -0.39 is 10.0 Å². The van der Waals surface area contributed by atoms with E-state index in [4.69, 9.17) is 11.6 Å². The predicted octanol–water partition coefficient (Wildman–Crippen LogP) is 2.22. The Morgan fingerprint density at radius 2 is 1.79 bits per heavy atom. The molecule has 2 aromatic carbocycles. The summed E-state index contributed by atoms with van der Waals surface area (Å²) in [5.41, 5.74) is 1.56. The number of halogens is 1. The number of hydrogen-bond acceptors (Lipinski definition) is 3. The average Bonchev–Trinajstić information content (AvgIpc) is 2.70. The van der Waals surface area contributed by atoms with E-state index >= 15 is 0 Å². The van der Waals surface area contributed by atoms with Crippen LogP contribution < -0.4 is 10.6 Å². The van der Waals surface area contributed by atoms with Crippen LogP contribution in [-0.2, 0) is 21.4 Å². The molecule has 0 radical (unpaired) electrons. The summed E-state index contributed by atoms with van der Waals surface area (Å²) in [5, 5.41) is 5.34. The van der Waals surface area contributed by atoms with E-state index in [0.29, 0.717) is 30.3 Å². The van der Waals surface area contributed by atoms with Gasteiger partial charge in [-0.2, -0.15) is 4.31 Å². The monoisotopic (exact) mass is 422 g/mol. The molecule has 8 heteroatoms. The van der Waals surface area contributed by atoms with Gasteiger partial charge in [0.2, 0.25) is 10.0 Å². The Labute approximate surface area is 170 Å². The van der Waals surface area contributed by atoms with E-state index in [1.54, 1.807) is 18.2 Å². The molecule has 0 bridgehead atoms. The molecule has 2 aromatic rings. The minimum Gasteiger partial charge on any atom is -0.335 e. The third kappa shape index (κ3) is 5.54. The second-order valence-corrected chi connectivity index (χ2v) is 9.24. The van der Waals surface area contributed by atoms with Crippen molar-refractivity contribution in [2.75, 3.05) is 25.0 Å². The molecule has 0 atom stereocenters. The number of hydrogen-bond donors (Lipinski definition) is 2. The third-order valence-corrected chi connectivity index (χ3v) is 6.84. The van der Waals surface area contributed by atoms with Gasteiger partial charge in [0.15, 0.2) is 6.54 Å². The Balaban J connectivity index is 1.56. The fourth-order valence-corrected chi connectivity index (χ4v) is 4.88. The lowest BCUT2D eigenvalue weighted by molar-refractivity contribution is -0.659. The molecule has 0 aromatic heterocycles. The molecule has 6 nitrogen and oxygen atoms in total. The number of benzene rings is 2. The van der Waals surface area contributed by atoms with Crippen molar-refractivity contribution in [3.8, 4) is 0 Å². The SMILES string of the molecule is O=C(C[NH2+]Cc1ccc(Cl)cc1)Nc1cccc(S(=O)(=O)N2CCCCC2)c1. The first kappa shape index (κ1) is 20.8. The van der Waals surface area contributed by atoms with Crippen molar-refractivity contribution in [1.82, 2.24) is 4.31 Å². The van der Waals surface area contributed by atoms with Gasteiger partial charge in [0.05, 0.1) is 4.90 Å². The summed E-state index contributed by atoms with van der Waals surface area (Å²) in [7, 11) is -3.51. The predicted molar refractivity (Wildman–Crippen MR) is 110 cm³/mol. The van der Waals surface area contributed by atoms with E-state index in [0.717, 1.165) is 24.8 Å². The number of anilines is 1. The van der Waals surface area contributed by atoms with Crippen molar-refractivity contribution in [3.05, 3.63) is 59.1 Å². The zero-order valence-corrected chi connectivity index (χ0v) is 17.2. The maximum Gasteiger partial charge on any atom is 0.279 e. The van der Waals surface area contributed by atoms with E-state index in [1.807, 2.05) is 29.6 Å². The van der Waals surface area contributed by atoms with Crippen LogP contribution in [0.4, 0.5) is 5.69 Å². The van der Waals surface area contributed by atoms with Crippen LogP contribution in [0.3, 0.4) is 0 Å². The van der Waals surface area contributed by atoms with Gasteiger partial charge in [-0.15, -0.1) is 0 Å². The molecule has 0 spiro atoms. The molecular formula is C20H25ClN3O3S+. The molecule has 1 aliphatic rings. The van der Waals surface area contributed by atoms with Crippen molar-refractivity contribution < 1.29 is 18.5 Å². The van der Waals surface area contributed by atoms with Crippen molar-refractivity contribution in [2.45, 2.75) is 30.7 Å². The van der Waals surface area contributed by atoms with Crippen LogP contribution in [0, 0.1) is 0 Å². The fraction of sp³-hybridized carbons (Fsp3) is 0.350. The summed E-state index contributed by atoms with van der Waals surface area (Å²) in [6.45, 7) is 2.01. The van der Waals surface area contributed by atoms with Crippen LogP contribution in [0.15, 0.2) is 53.4 Å². The van der Waals surface area contributed by atoms with E-state index in [-0.39, 0.29) is 17.3 Å². The van der Waals surface area contributed by atoms with Gasteiger partial charge >= 0.3 is 0 Å². The molecule has 1 heterocycles. The zero-order chi connectivity index (χ0) is 20.0. The number of quaternary nitrogens is 1. The van der Waals surface area contributed by atoms with E-state index in [9.17, 15) is 13.2 Å². The second-order valence-electron chi connectivity index (χ2n) is 6.86. The highest BCUT2D eigenvalue weighted by Crippen LogP contribution is 2.22. The zero-order valence-electron chi connectivity index (χ0n) is 15.6. The Bertz CT molecular complexity index is 911. The number of rotatable bonds is 7. The maximum absolute atomic E-state index is 12.8. The Hall–Kier alpha value is -1.93. The first-order valence-electron chi connectivity index (χ1n) is 9.41. The average molecular weight is 423 g/mol. The highest BCUT2D eigenvalue weighted by molar-refractivity contribution is 7.89. The summed E-state index contributed by atoms with van der Waals surface area (Å²) in [5.74, 6) is -0.179. The first-order valence-corrected chi connectivity index (χ1v) is 11.2. The smallest absolute Gasteiger partial charge is 0.279 e. The van der Waals surface area contributed by atoms with Gasteiger partial charge in [-0.25, -0.2) is 8.42 Å². The maximum atomic E-state index is 12.8. The van der Waals surface area contributed by atoms with E-state index in [2.05, 4.69) is 5.32 Å². The van der Waals surface area contributed by atoms with Gasteiger partial charge in [-0.1, -0.05) is 36.2 Å². The van der Waals surface area contributed by atoms with Gasteiger partial charge < -0.3 is 10.6 Å². The highest BCUT2D eigenvalue weighted by Gasteiger charge is 2.26.